The summed E-state index contributed by atoms with van der Waals surface area (Å²) in [7, 11) is 0. The molecular formula is C18H20N6O2. The number of aromatic nitrogens is 4. The summed E-state index contributed by atoms with van der Waals surface area (Å²) in [6, 6.07) is 5.83. The number of nitrogens with zero attached hydrogens (tertiary/aromatic N) is 5. The van der Waals surface area contributed by atoms with Gasteiger partial charge in [-0.25, -0.2) is 19.7 Å². The molecule has 4 rings (SSSR count). The molecule has 8 nitrogen and oxygen atoms in total. The molecule has 0 aromatic carbocycles. The third-order valence-corrected chi connectivity index (χ3v) is 4.46. The number of hydrogen-bond donors (Lipinski definition) is 1. The van der Waals surface area contributed by atoms with E-state index in [0.717, 1.165) is 35.5 Å². The van der Waals surface area contributed by atoms with Crippen LogP contribution in [-0.2, 0) is 4.74 Å². The summed E-state index contributed by atoms with van der Waals surface area (Å²) in [4.78, 5) is 32.2. The highest BCUT2D eigenvalue weighted by atomic mass is 16.6. The first kappa shape index (κ1) is 16.3. The molecule has 1 saturated heterocycles. The number of amides is 1. The maximum absolute atomic E-state index is 11.9. The van der Waals surface area contributed by atoms with Gasteiger partial charge in [0.1, 0.15) is 5.65 Å². The largest absolute Gasteiger partial charge is 0.450 e. The number of hydrogen-bond acceptors (Lipinski definition) is 6. The maximum Gasteiger partial charge on any atom is 0.409 e. The van der Waals surface area contributed by atoms with Crippen LogP contribution in [0.5, 0.6) is 0 Å². The zero-order chi connectivity index (χ0) is 17.9. The van der Waals surface area contributed by atoms with Crippen molar-refractivity contribution < 1.29 is 9.53 Å². The molecule has 3 aromatic rings. The molecule has 0 atom stereocenters. The summed E-state index contributed by atoms with van der Waals surface area (Å²) in [6.45, 7) is 5.00. The summed E-state index contributed by atoms with van der Waals surface area (Å²) in [5.74, 6) is 0.642. The smallest absolute Gasteiger partial charge is 0.409 e. The van der Waals surface area contributed by atoms with Crippen molar-refractivity contribution in [1.29, 1.82) is 0 Å². The Labute approximate surface area is 150 Å². The Hall–Kier alpha value is -3.16. The number of anilines is 1. The van der Waals surface area contributed by atoms with E-state index in [2.05, 4.69) is 24.8 Å². The summed E-state index contributed by atoms with van der Waals surface area (Å²) in [6.07, 6.45) is 4.99. The highest BCUT2D eigenvalue weighted by Gasteiger charge is 2.23. The monoisotopic (exact) mass is 352 g/mol. The topological polar surface area (TPSA) is 87.2 Å². The van der Waals surface area contributed by atoms with Crippen LogP contribution < -0.4 is 4.90 Å². The average Bonchev–Trinajstić information content (AvgIpc) is 3.13. The lowest BCUT2D eigenvalue weighted by atomic mass is 10.2. The molecule has 134 valence electrons. The molecule has 8 heteroatoms. The van der Waals surface area contributed by atoms with Gasteiger partial charge in [-0.2, -0.15) is 0 Å². The lowest BCUT2D eigenvalue weighted by Gasteiger charge is -2.35. The Morgan fingerprint density at radius 1 is 1.15 bits per heavy atom. The number of ether oxygens (including phenoxy) is 1. The standard InChI is InChI=1S/C18H20N6O2/c1-2-26-18(25)24-10-8-23(9-11-24)15-4-7-21-16-13(15)12-14(22-16)17-19-5-3-6-20-17/h3-7,12H,2,8-11H2,1H3,(H,21,22). The lowest BCUT2D eigenvalue weighted by Crippen LogP contribution is -2.49. The van der Waals surface area contributed by atoms with Gasteiger partial charge >= 0.3 is 6.09 Å². The highest BCUT2D eigenvalue weighted by molar-refractivity contribution is 5.93. The molecule has 4 heterocycles. The first-order valence-electron chi connectivity index (χ1n) is 8.68. The molecule has 1 aliphatic rings. The molecule has 0 aliphatic carbocycles. The van der Waals surface area contributed by atoms with Crippen molar-refractivity contribution in [1.82, 2.24) is 24.8 Å². The van der Waals surface area contributed by atoms with E-state index >= 15 is 0 Å². The van der Waals surface area contributed by atoms with Gasteiger partial charge in [0.25, 0.3) is 0 Å². The average molecular weight is 352 g/mol. The molecule has 0 bridgehead atoms. The van der Waals surface area contributed by atoms with Crippen molar-refractivity contribution in [3.8, 4) is 11.5 Å². The Morgan fingerprint density at radius 2 is 1.92 bits per heavy atom. The first-order valence-corrected chi connectivity index (χ1v) is 8.68. The highest BCUT2D eigenvalue weighted by Crippen LogP contribution is 2.29. The van der Waals surface area contributed by atoms with Crippen LogP contribution in [0.15, 0.2) is 36.8 Å². The molecule has 0 unspecified atom stereocenters. The van der Waals surface area contributed by atoms with E-state index in [4.69, 9.17) is 4.74 Å². The van der Waals surface area contributed by atoms with E-state index in [1.807, 2.05) is 19.1 Å². The van der Waals surface area contributed by atoms with E-state index in [-0.39, 0.29) is 6.09 Å². The van der Waals surface area contributed by atoms with Gasteiger partial charge in [0.05, 0.1) is 12.3 Å². The van der Waals surface area contributed by atoms with Crippen LogP contribution in [0, 0.1) is 0 Å². The Kier molecular flexibility index (Phi) is 4.39. The molecule has 0 radical (unpaired) electrons. The van der Waals surface area contributed by atoms with Gasteiger partial charge < -0.3 is 19.5 Å². The molecule has 26 heavy (non-hydrogen) atoms. The van der Waals surface area contributed by atoms with Crippen LogP contribution in [0.3, 0.4) is 0 Å². The van der Waals surface area contributed by atoms with Crippen molar-refractivity contribution in [3.63, 3.8) is 0 Å². The van der Waals surface area contributed by atoms with Crippen molar-refractivity contribution in [2.45, 2.75) is 6.92 Å². The second kappa shape index (κ2) is 6.99. The van der Waals surface area contributed by atoms with Crippen molar-refractivity contribution in [2.75, 3.05) is 37.7 Å². The Balaban J connectivity index is 1.58. The fourth-order valence-electron chi connectivity index (χ4n) is 3.19. The van der Waals surface area contributed by atoms with Crippen LogP contribution in [0.4, 0.5) is 10.5 Å². The summed E-state index contributed by atoms with van der Waals surface area (Å²) in [5.41, 5.74) is 2.74. The number of carbonyl (C=O) groups is 1. The zero-order valence-corrected chi connectivity index (χ0v) is 14.6. The van der Waals surface area contributed by atoms with E-state index in [9.17, 15) is 4.79 Å². The third kappa shape index (κ3) is 3.05. The minimum Gasteiger partial charge on any atom is -0.450 e. The second-order valence-electron chi connectivity index (χ2n) is 6.02. The van der Waals surface area contributed by atoms with Crippen molar-refractivity contribution >= 4 is 22.8 Å². The molecule has 1 amide bonds. The number of piperazine rings is 1. The molecule has 3 aromatic heterocycles. The van der Waals surface area contributed by atoms with Crippen LogP contribution in [0.25, 0.3) is 22.6 Å². The molecule has 1 aliphatic heterocycles. The van der Waals surface area contributed by atoms with Crippen LogP contribution >= 0.6 is 0 Å². The zero-order valence-electron chi connectivity index (χ0n) is 14.6. The normalized spacial score (nSPS) is 14.7. The number of carbonyl (C=O) groups excluding carboxylic acids is 1. The number of rotatable bonds is 3. The maximum atomic E-state index is 11.9. The second-order valence-corrected chi connectivity index (χ2v) is 6.02. The lowest BCUT2D eigenvalue weighted by molar-refractivity contribution is 0.105. The van der Waals surface area contributed by atoms with E-state index in [1.165, 1.54) is 0 Å². The van der Waals surface area contributed by atoms with E-state index in [1.54, 1.807) is 29.6 Å². The molecule has 1 N–H and O–H groups in total. The minimum atomic E-state index is -0.239. The molecule has 1 fully saturated rings. The van der Waals surface area contributed by atoms with Gasteiger partial charge in [-0.3, -0.25) is 0 Å². The number of nitrogens with one attached hydrogen (secondary N) is 1. The predicted octanol–water partition coefficient (Wildman–Crippen LogP) is 2.30. The van der Waals surface area contributed by atoms with Crippen LogP contribution in [-0.4, -0.2) is 63.7 Å². The van der Waals surface area contributed by atoms with Gasteiger partial charge in [0.2, 0.25) is 0 Å². The van der Waals surface area contributed by atoms with Gasteiger partial charge in [-0.15, -0.1) is 0 Å². The number of pyridine rings is 1. The van der Waals surface area contributed by atoms with Crippen molar-refractivity contribution in [2.24, 2.45) is 0 Å². The quantitative estimate of drug-likeness (QED) is 0.778. The van der Waals surface area contributed by atoms with Gasteiger partial charge in [0, 0.05) is 55.8 Å². The van der Waals surface area contributed by atoms with Crippen LogP contribution in [0.1, 0.15) is 6.92 Å². The third-order valence-electron chi connectivity index (χ3n) is 4.46. The van der Waals surface area contributed by atoms with Gasteiger partial charge in [-0.05, 0) is 25.1 Å². The van der Waals surface area contributed by atoms with Gasteiger partial charge in [-0.1, -0.05) is 0 Å². The summed E-state index contributed by atoms with van der Waals surface area (Å²) >= 11 is 0. The fourth-order valence-corrected chi connectivity index (χ4v) is 3.19. The fraction of sp³-hybridized carbons (Fsp3) is 0.333. The number of aromatic amines is 1. The predicted molar refractivity (Wildman–Crippen MR) is 97.9 cm³/mol. The van der Waals surface area contributed by atoms with Crippen LogP contribution in [0.2, 0.25) is 0 Å². The van der Waals surface area contributed by atoms with E-state index < -0.39 is 0 Å². The van der Waals surface area contributed by atoms with Crippen molar-refractivity contribution in [3.05, 3.63) is 36.8 Å². The Morgan fingerprint density at radius 3 is 2.65 bits per heavy atom. The van der Waals surface area contributed by atoms with E-state index in [0.29, 0.717) is 25.5 Å². The summed E-state index contributed by atoms with van der Waals surface area (Å²) < 4.78 is 5.08. The molecular weight excluding hydrogens is 332 g/mol. The summed E-state index contributed by atoms with van der Waals surface area (Å²) in [5, 5.41) is 1.03. The molecule has 0 saturated carbocycles. The molecule has 0 spiro atoms. The number of fused-ring (bicyclic) bond motifs is 1. The first-order chi connectivity index (χ1) is 12.8. The van der Waals surface area contributed by atoms with Gasteiger partial charge in [0.15, 0.2) is 5.82 Å². The number of H-pyrrole nitrogens is 1. The Bertz CT molecular complexity index is 902. The SMILES string of the molecule is CCOC(=O)N1CCN(c2ccnc3[nH]c(-c4ncccn4)cc23)CC1. The minimum absolute atomic E-state index is 0.239.